The minimum atomic E-state index is -0.0423. The molecule has 4 nitrogen and oxygen atoms in total. The lowest BCUT2D eigenvalue weighted by Gasteiger charge is -2.04. The quantitative estimate of drug-likeness (QED) is 0.752. The van der Waals surface area contributed by atoms with Crippen molar-refractivity contribution in [2.24, 2.45) is 7.05 Å². The smallest absolute Gasteiger partial charge is 0.269 e. The third kappa shape index (κ3) is 2.08. The average molecular weight is 181 g/mol. The van der Waals surface area contributed by atoms with Crippen molar-refractivity contribution >= 4 is 5.91 Å². The van der Waals surface area contributed by atoms with E-state index in [-0.39, 0.29) is 5.91 Å². The van der Waals surface area contributed by atoms with Crippen LogP contribution in [0.3, 0.4) is 0 Å². The van der Waals surface area contributed by atoms with Crippen LogP contribution in [0.4, 0.5) is 0 Å². The van der Waals surface area contributed by atoms with Crippen LogP contribution in [-0.2, 0) is 7.05 Å². The van der Waals surface area contributed by atoms with Crippen LogP contribution >= 0.6 is 0 Å². The van der Waals surface area contributed by atoms with Gasteiger partial charge in [0.25, 0.3) is 5.91 Å². The number of aryl methyl sites for hydroxylation is 2. The monoisotopic (exact) mass is 181 g/mol. The molecule has 0 aromatic carbocycles. The number of carbonyl (C=O) groups is 1. The number of rotatable bonds is 3. The molecule has 72 valence electrons. The highest BCUT2D eigenvalue weighted by Gasteiger charge is 2.12. The number of carbonyl (C=O) groups excluding carboxylic acids is 1. The van der Waals surface area contributed by atoms with Crippen molar-refractivity contribution in [3.05, 3.63) is 17.7 Å². The molecule has 0 fully saturated rings. The molecule has 4 heteroatoms. The summed E-state index contributed by atoms with van der Waals surface area (Å²) in [5.41, 5.74) is 1.42. The van der Waals surface area contributed by atoms with Gasteiger partial charge in [-0.05, 0) is 13.3 Å². The number of amides is 1. The van der Waals surface area contributed by atoms with E-state index in [0.29, 0.717) is 12.2 Å². The summed E-state index contributed by atoms with van der Waals surface area (Å²) in [6, 6.07) is 0. The summed E-state index contributed by atoms with van der Waals surface area (Å²) in [6.07, 6.45) is 2.60. The van der Waals surface area contributed by atoms with E-state index in [4.69, 9.17) is 0 Å². The second-order valence-corrected chi connectivity index (χ2v) is 3.05. The Kier molecular flexibility index (Phi) is 3.06. The van der Waals surface area contributed by atoms with Gasteiger partial charge >= 0.3 is 0 Å². The first-order chi connectivity index (χ1) is 6.16. The first-order valence-electron chi connectivity index (χ1n) is 4.43. The molecule has 1 heterocycles. The van der Waals surface area contributed by atoms with Crippen molar-refractivity contribution in [3.8, 4) is 0 Å². The van der Waals surface area contributed by atoms with Crippen LogP contribution in [0.1, 0.15) is 29.5 Å². The largest absolute Gasteiger partial charge is 0.351 e. The molecule has 0 unspecified atom stereocenters. The van der Waals surface area contributed by atoms with E-state index in [1.165, 1.54) is 0 Å². The lowest BCUT2D eigenvalue weighted by Crippen LogP contribution is -2.26. The van der Waals surface area contributed by atoms with Gasteiger partial charge in [0.15, 0.2) is 0 Å². The van der Waals surface area contributed by atoms with E-state index < -0.39 is 0 Å². The number of imidazole rings is 1. The zero-order valence-electron chi connectivity index (χ0n) is 8.29. The van der Waals surface area contributed by atoms with Gasteiger partial charge in [-0.15, -0.1) is 0 Å². The molecule has 0 spiro atoms. The minimum absolute atomic E-state index is 0.0423. The van der Waals surface area contributed by atoms with E-state index in [9.17, 15) is 4.79 Å². The van der Waals surface area contributed by atoms with E-state index in [1.807, 2.05) is 20.9 Å². The number of nitrogens with one attached hydrogen (secondary N) is 1. The minimum Gasteiger partial charge on any atom is -0.351 e. The predicted octanol–water partition coefficient (Wildman–Crippen LogP) is 0.868. The lowest BCUT2D eigenvalue weighted by molar-refractivity contribution is 0.0945. The fourth-order valence-electron chi connectivity index (χ4n) is 1.19. The summed E-state index contributed by atoms with van der Waals surface area (Å²) in [6.45, 7) is 4.57. The standard InChI is InChI=1S/C9H15N3O/c1-4-5-10-9(13)8-7(2)11-6-12(8)3/h6H,4-5H2,1-3H3,(H,10,13). The molecule has 0 aliphatic carbocycles. The summed E-state index contributed by atoms with van der Waals surface area (Å²) < 4.78 is 1.74. The van der Waals surface area contributed by atoms with Gasteiger partial charge < -0.3 is 9.88 Å². The van der Waals surface area contributed by atoms with Crippen LogP contribution in [-0.4, -0.2) is 22.0 Å². The highest BCUT2D eigenvalue weighted by molar-refractivity contribution is 5.93. The van der Waals surface area contributed by atoms with Gasteiger partial charge in [-0.2, -0.15) is 0 Å². The molecular formula is C9H15N3O. The zero-order chi connectivity index (χ0) is 9.84. The van der Waals surface area contributed by atoms with Crippen LogP contribution in [0.2, 0.25) is 0 Å². The van der Waals surface area contributed by atoms with Crippen molar-refractivity contribution in [3.63, 3.8) is 0 Å². The Bertz CT molecular complexity index is 284. The molecule has 13 heavy (non-hydrogen) atoms. The number of hydrogen-bond acceptors (Lipinski definition) is 2. The normalized spacial score (nSPS) is 10.1. The van der Waals surface area contributed by atoms with E-state index in [1.54, 1.807) is 10.9 Å². The molecular weight excluding hydrogens is 166 g/mol. The van der Waals surface area contributed by atoms with Gasteiger partial charge in [-0.3, -0.25) is 4.79 Å². The molecule has 1 aromatic heterocycles. The first kappa shape index (κ1) is 9.77. The maximum atomic E-state index is 11.5. The second-order valence-electron chi connectivity index (χ2n) is 3.05. The molecule has 0 saturated heterocycles. The van der Waals surface area contributed by atoms with Crippen LogP contribution < -0.4 is 5.32 Å². The summed E-state index contributed by atoms with van der Waals surface area (Å²) in [4.78, 5) is 15.6. The number of hydrogen-bond donors (Lipinski definition) is 1. The molecule has 0 atom stereocenters. The average Bonchev–Trinajstić information content (AvgIpc) is 2.42. The highest BCUT2D eigenvalue weighted by atomic mass is 16.1. The third-order valence-electron chi connectivity index (χ3n) is 1.87. The first-order valence-corrected chi connectivity index (χ1v) is 4.43. The summed E-state index contributed by atoms with van der Waals surface area (Å²) in [5, 5.41) is 2.82. The summed E-state index contributed by atoms with van der Waals surface area (Å²) in [7, 11) is 1.82. The SMILES string of the molecule is CCCNC(=O)c1c(C)ncn1C. The van der Waals surface area contributed by atoms with Crippen molar-refractivity contribution in [2.45, 2.75) is 20.3 Å². The molecule has 0 saturated carbocycles. The topological polar surface area (TPSA) is 46.9 Å². The second kappa shape index (κ2) is 4.07. The van der Waals surface area contributed by atoms with Gasteiger partial charge in [0.2, 0.25) is 0 Å². The van der Waals surface area contributed by atoms with Gasteiger partial charge in [0, 0.05) is 13.6 Å². The highest BCUT2D eigenvalue weighted by Crippen LogP contribution is 2.03. The number of nitrogens with zero attached hydrogens (tertiary/aromatic N) is 2. The van der Waals surface area contributed by atoms with Crippen LogP contribution in [0.15, 0.2) is 6.33 Å². The van der Waals surface area contributed by atoms with E-state index in [2.05, 4.69) is 10.3 Å². The van der Waals surface area contributed by atoms with Crippen molar-refractivity contribution in [2.75, 3.05) is 6.54 Å². The predicted molar refractivity (Wildman–Crippen MR) is 50.6 cm³/mol. The van der Waals surface area contributed by atoms with Crippen LogP contribution in [0.25, 0.3) is 0 Å². The molecule has 1 N–H and O–H groups in total. The maximum Gasteiger partial charge on any atom is 0.269 e. The summed E-state index contributed by atoms with van der Waals surface area (Å²) >= 11 is 0. The Morgan fingerprint density at radius 2 is 2.38 bits per heavy atom. The van der Waals surface area contributed by atoms with Crippen molar-refractivity contribution in [1.82, 2.24) is 14.9 Å². The maximum absolute atomic E-state index is 11.5. The molecule has 1 rings (SSSR count). The van der Waals surface area contributed by atoms with Gasteiger partial charge in [-0.1, -0.05) is 6.92 Å². The zero-order valence-corrected chi connectivity index (χ0v) is 8.29. The van der Waals surface area contributed by atoms with E-state index >= 15 is 0 Å². The third-order valence-corrected chi connectivity index (χ3v) is 1.87. The molecule has 0 aliphatic heterocycles. The Balaban J connectivity index is 2.76. The molecule has 0 bridgehead atoms. The van der Waals surface area contributed by atoms with Gasteiger partial charge in [0.1, 0.15) is 5.69 Å². The Hall–Kier alpha value is -1.32. The molecule has 0 aliphatic rings. The number of aromatic nitrogens is 2. The summed E-state index contributed by atoms with van der Waals surface area (Å²) in [5.74, 6) is -0.0423. The molecule has 1 amide bonds. The Morgan fingerprint density at radius 3 is 2.85 bits per heavy atom. The van der Waals surface area contributed by atoms with Gasteiger partial charge in [0.05, 0.1) is 12.0 Å². The fraction of sp³-hybridized carbons (Fsp3) is 0.556. The van der Waals surface area contributed by atoms with E-state index in [0.717, 1.165) is 12.1 Å². The van der Waals surface area contributed by atoms with Crippen molar-refractivity contribution < 1.29 is 4.79 Å². The van der Waals surface area contributed by atoms with Gasteiger partial charge in [-0.25, -0.2) is 4.98 Å². The Labute approximate surface area is 78.0 Å². The van der Waals surface area contributed by atoms with Crippen LogP contribution in [0.5, 0.6) is 0 Å². The molecule has 0 radical (unpaired) electrons. The Morgan fingerprint density at radius 1 is 1.69 bits per heavy atom. The fourth-order valence-corrected chi connectivity index (χ4v) is 1.19. The molecule has 1 aromatic rings. The van der Waals surface area contributed by atoms with Crippen molar-refractivity contribution in [1.29, 1.82) is 0 Å². The lowest BCUT2D eigenvalue weighted by atomic mass is 10.3. The van der Waals surface area contributed by atoms with Crippen LogP contribution in [0, 0.1) is 6.92 Å².